The second-order valence-corrected chi connectivity index (χ2v) is 3.82. The summed E-state index contributed by atoms with van der Waals surface area (Å²) in [4.78, 5) is 0. The van der Waals surface area contributed by atoms with Crippen molar-refractivity contribution >= 4 is 12.4 Å². The molecule has 1 atom stereocenters. The quantitative estimate of drug-likeness (QED) is 0.654. The van der Waals surface area contributed by atoms with Gasteiger partial charge < -0.3 is 5.32 Å². The fourth-order valence-corrected chi connectivity index (χ4v) is 1.64. The van der Waals surface area contributed by atoms with Crippen molar-refractivity contribution in [2.45, 2.75) is 32.2 Å². The maximum atomic E-state index is 12.2. The highest BCUT2D eigenvalue weighted by Gasteiger charge is 2.26. The van der Waals surface area contributed by atoms with Gasteiger partial charge in [0.1, 0.15) is 0 Å². The molecule has 0 aromatic heterocycles. The molecule has 0 saturated carbocycles. The first-order valence-electron chi connectivity index (χ1n) is 3.95. The van der Waals surface area contributed by atoms with Gasteiger partial charge in [0.15, 0.2) is 0 Å². The minimum atomic E-state index is -0.148. The summed E-state index contributed by atoms with van der Waals surface area (Å²) < 4.78 is 12.2. The summed E-state index contributed by atoms with van der Waals surface area (Å²) >= 11 is 0. The Balaban J connectivity index is 0.000001000. The minimum absolute atomic E-state index is 0. The molecule has 0 aromatic carbocycles. The maximum absolute atomic E-state index is 12.2. The van der Waals surface area contributed by atoms with Gasteiger partial charge >= 0.3 is 0 Å². The monoisotopic (exact) mass is 181 g/mol. The van der Waals surface area contributed by atoms with E-state index >= 15 is 0 Å². The second-order valence-electron chi connectivity index (χ2n) is 3.82. The number of nitrogens with one attached hydrogen (secondary N) is 1. The van der Waals surface area contributed by atoms with E-state index in [4.69, 9.17) is 0 Å². The summed E-state index contributed by atoms with van der Waals surface area (Å²) in [6, 6.07) is 0. The van der Waals surface area contributed by atoms with E-state index < -0.39 is 0 Å². The molecular formula is C8H17ClFN. The Bertz CT molecular complexity index is 117. The van der Waals surface area contributed by atoms with Gasteiger partial charge in [0.2, 0.25) is 0 Å². The van der Waals surface area contributed by atoms with Crippen LogP contribution in [0.2, 0.25) is 0 Å². The first-order chi connectivity index (χ1) is 4.64. The van der Waals surface area contributed by atoms with E-state index in [1.54, 1.807) is 0 Å². The fourth-order valence-electron chi connectivity index (χ4n) is 1.64. The molecule has 0 unspecified atom stereocenters. The SMILES string of the molecule is CC1(C)C[C@H](CF)CCN1.Cl. The van der Waals surface area contributed by atoms with Crippen molar-refractivity contribution in [2.24, 2.45) is 5.92 Å². The second kappa shape index (κ2) is 4.27. The van der Waals surface area contributed by atoms with Gasteiger partial charge in [-0.25, -0.2) is 0 Å². The van der Waals surface area contributed by atoms with E-state index in [0.717, 1.165) is 19.4 Å². The largest absolute Gasteiger partial charge is 0.312 e. The Kier molecular flexibility index (Phi) is 4.34. The number of alkyl halides is 1. The summed E-state index contributed by atoms with van der Waals surface area (Å²) in [5.74, 6) is 0.302. The van der Waals surface area contributed by atoms with Gasteiger partial charge in [0.05, 0.1) is 6.67 Å². The maximum Gasteiger partial charge on any atom is 0.0923 e. The molecule has 1 nitrogen and oxygen atoms in total. The molecule has 0 aromatic rings. The number of rotatable bonds is 1. The lowest BCUT2D eigenvalue weighted by Crippen LogP contribution is -2.46. The van der Waals surface area contributed by atoms with E-state index in [1.165, 1.54) is 0 Å². The Hall–Kier alpha value is 0.180. The van der Waals surface area contributed by atoms with Crippen molar-refractivity contribution < 1.29 is 4.39 Å². The number of piperidine rings is 1. The van der Waals surface area contributed by atoms with Crippen molar-refractivity contribution in [3.63, 3.8) is 0 Å². The summed E-state index contributed by atoms with van der Waals surface area (Å²) in [6.07, 6.45) is 1.98. The summed E-state index contributed by atoms with van der Waals surface area (Å²) in [6.45, 7) is 5.09. The Morgan fingerprint density at radius 3 is 2.55 bits per heavy atom. The number of hydrogen-bond donors (Lipinski definition) is 1. The molecule has 1 aliphatic heterocycles. The van der Waals surface area contributed by atoms with Gasteiger partial charge in [-0.05, 0) is 39.2 Å². The third kappa shape index (κ3) is 3.39. The zero-order valence-corrected chi connectivity index (χ0v) is 8.01. The number of halogens is 2. The molecule has 1 heterocycles. The molecule has 1 N–H and O–H groups in total. The number of hydrogen-bond acceptors (Lipinski definition) is 1. The van der Waals surface area contributed by atoms with E-state index in [9.17, 15) is 4.39 Å². The molecule has 1 saturated heterocycles. The zero-order valence-electron chi connectivity index (χ0n) is 7.19. The van der Waals surface area contributed by atoms with Crippen molar-refractivity contribution in [2.75, 3.05) is 13.2 Å². The predicted molar refractivity (Wildman–Crippen MR) is 48.0 cm³/mol. The highest BCUT2D eigenvalue weighted by molar-refractivity contribution is 5.85. The van der Waals surface area contributed by atoms with Crippen molar-refractivity contribution in [1.82, 2.24) is 5.32 Å². The normalized spacial score (nSPS) is 29.2. The van der Waals surface area contributed by atoms with Crippen LogP contribution in [-0.4, -0.2) is 18.8 Å². The molecular weight excluding hydrogens is 165 g/mol. The van der Waals surface area contributed by atoms with E-state index in [0.29, 0.717) is 5.92 Å². The first-order valence-corrected chi connectivity index (χ1v) is 3.95. The molecule has 68 valence electrons. The Labute approximate surface area is 74.2 Å². The van der Waals surface area contributed by atoms with Crippen LogP contribution in [0.5, 0.6) is 0 Å². The van der Waals surface area contributed by atoms with Gasteiger partial charge in [-0.1, -0.05) is 0 Å². The summed E-state index contributed by atoms with van der Waals surface area (Å²) in [5.41, 5.74) is 0.162. The average Bonchev–Trinajstić information content (AvgIpc) is 1.86. The van der Waals surface area contributed by atoms with Crippen molar-refractivity contribution in [3.8, 4) is 0 Å². The smallest absolute Gasteiger partial charge is 0.0923 e. The van der Waals surface area contributed by atoms with Gasteiger partial charge in [0, 0.05) is 5.54 Å². The van der Waals surface area contributed by atoms with Crippen molar-refractivity contribution in [1.29, 1.82) is 0 Å². The molecule has 0 aliphatic carbocycles. The Morgan fingerprint density at radius 1 is 1.55 bits per heavy atom. The third-order valence-corrected chi connectivity index (χ3v) is 2.17. The molecule has 1 rings (SSSR count). The van der Waals surface area contributed by atoms with Crippen LogP contribution in [-0.2, 0) is 0 Å². The van der Waals surface area contributed by atoms with Crippen LogP contribution < -0.4 is 5.32 Å². The van der Waals surface area contributed by atoms with Crippen LogP contribution >= 0.6 is 12.4 Å². The molecule has 0 amide bonds. The topological polar surface area (TPSA) is 12.0 Å². The predicted octanol–water partition coefficient (Wildman–Crippen LogP) is 2.16. The van der Waals surface area contributed by atoms with Crippen LogP contribution in [0.4, 0.5) is 4.39 Å². The third-order valence-electron chi connectivity index (χ3n) is 2.17. The van der Waals surface area contributed by atoms with Gasteiger partial charge in [0.25, 0.3) is 0 Å². The lowest BCUT2D eigenvalue weighted by molar-refractivity contribution is 0.198. The van der Waals surface area contributed by atoms with E-state index in [2.05, 4.69) is 19.2 Å². The molecule has 1 aliphatic rings. The summed E-state index contributed by atoms with van der Waals surface area (Å²) in [7, 11) is 0. The summed E-state index contributed by atoms with van der Waals surface area (Å²) in [5, 5.41) is 3.36. The highest BCUT2D eigenvalue weighted by Crippen LogP contribution is 2.23. The lowest BCUT2D eigenvalue weighted by Gasteiger charge is -2.35. The molecule has 0 bridgehead atoms. The van der Waals surface area contributed by atoms with Crippen LogP contribution in [0.3, 0.4) is 0 Å². The molecule has 3 heteroatoms. The van der Waals surface area contributed by atoms with Crippen LogP contribution in [0.1, 0.15) is 26.7 Å². The van der Waals surface area contributed by atoms with E-state index in [1.807, 2.05) is 0 Å². The minimum Gasteiger partial charge on any atom is -0.312 e. The zero-order chi connectivity index (χ0) is 7.61. The highest BCUT2D eigenvalue weighted by atomic mass is 35.5. The lowest BCUT2D eigenvalue weighted by atomic mass is 9.85. The first kappa shape index (κ1) is 11.2. The van der Waals surface area contributed by atoms with Gasteiger partial charge in [-0.2, -0.15) is 0 Å². The Morgan fingerprint density at radius 2 is 2.18 bits per heavy atom. The van der Waals surface area contributed by atoms with Crippen LogP contribution in [0.25, 0.3) is 0 Å². The standard InChI is InChI=1S/C8H16FN.ClH/c1-8(2)5-7(6-9)3-4-10-8;/h7,10H,3-6H2,1-2H3;1H/t7-;/m1./s1. The molecule has 0 radical (unpaired) electrons. The van der Waals surface area contributed by atoms with Gasteiger partial charge in [-0.15, -0.1) is 12.4 Å². The fraction of sp³-hybridized carbons (Fsp3) is 1.00. The van der Waals surface area contributed by atoms with E-state index in [-0.39, 0.29) is 24.6 Å². The average molecular weight is 182 g/mol. The molecule has 1 fully saturated rings. The molecule has 0 spiro atoms. The van der Waals surface area contributed by atoms with Gasteiger partial charge in [-0.3, -0.25) is 4.39 Å². The van der Waals surface area contributed by atoms with Crippen LogP contribution in [0.15, 0.2) is 0 Å². The van der Waals surface area contributed by atoms with Crippen LogP contribution in [0, 0.1) is 5.92 Å². The van der Waals surface area contributed by atoms with Crippen molar-refractivity contribution in [3.05, 3.63) is 0 Å². The molecule has 11 heavy (non-hydrogen) atoms.